The average molecular weight is 348 g/mol. The third-order valence-electron chi connectivity index (χ3n) is 3.22. The van der Waals surface area contributed by atoms with Gasteiger partial charge in [-0.1, -0.05) is 21.5 Å². The molecule has 1 N–H and O–H groups in total. The second-order valence-corrected chi connectivity index (χ2v) is 6.43. The summed E-state index contributed by atoms with van der Waals surface area (Å²) in [6.45, 7) is 5.35. The Hall–Kier alpha value is -1.04. The van der Waals surface area contributed by atoms with Crippen molar-refractivity contribution in [3.8, 4) is 0 Å². The Kier molecular flexibility index (Phi) is 5.62. The van der Waals surface area contributed by atoms with E-state index < -0.39 is 23.2 Å². The van der Waals surface area contributed by atoms with Crippen LogP contribution in [-0.4, -0.2) is 30.3 Å². The number of nitrogens with one attached hydrogen (secondary N) is 1. The summed E-state index contributed by atoms with van der Waals surface area (Å²) in [6, 6.07) is 0. The number of allylic oxidation sites excluding steroid dienone is 1. The first-order valence-electron chi connectivity index (χ1n) is 6.60. The van der Waals surface area contributed by atoms with E-state index in [-0.39, 0.29) is 0 Å². The number of esters is 1. The van der Waals surface area contributed by atoms with E-state index in [1.165, 1.54) is 12.7 Å². The highest BCUT2D eigenvalue weighted by molar-refractivity contribution is 9.11. The van der Waals surface area contributed by atoms with E-state index in [0.29, 0.717) is 12.8 Å². The average Bonchev–Trinajstić information content (AvgIpc) is 2.36. The highest BCUT2D eigenvalue weighted by Gasteiger charge is 2.43. The monoisotopic (exact) mass is 347 g/mol. The molecule has 0 aromatic rings. The van der Waals surface area contributed by atoms with Crippen LogP contribution in [0.3, 0.4) is 0 Å². The molecule has 6 heteroatoms. The van der Waals surface area contributed by atoms with Crippen LogP contribution in [-0.2, 0) is 14.3 Å². The standard InChI is InChI=1S/C14H22BrNO4/c1-13(2,3)20-12(18)16-14(11(17)19-4)7-5-10(9-15)6-8-14/h9H,5-8H2,1-4H3,(H,16,18). The van der Waals surface area contributed by atoms with Gasteiger partial charge in [-0.05, 0) is 51.4 Å². The Bertz CT molecular complexity index is 402. The first-order chi connectivity index (χ1) is 9.22. The van der Waals surface area contributed by atoms with Crippen molar-refractivity contribution >= 4 is 28.0 Å². The summed E-state index contributed by atoms with van der Waals surface area (Å²) in [5.74, 6) is -0.419. The zero-order valence-corrected chi connectivity index (χ0v) is 14.0. The van der Waals surface area contributed by atoms with Crippen molar-refractivity contribution in [2.24, 2.45) is 0 Å². The summed E-state index contributed by atoms with van der Waals surface area (Å²) in [6.07, 6.45) is 1.90. The van der Waals surface area contributed by atoms with Gasteiger partial charge in [0.1, 0.15) is 11.1 Å². The van der Waals surface area contributed by atoms with Crippen LogP contribution in [0, 0.1) is 0 Å². The number of halogens is 1. The predicted molar refractivity (Wildman–Crippen MR) is 79.6 cm³/mol. The summed E-state index contributed by atoms with van der Waals surface area (Å²) in [5.41, 5.74) is -0.372. The Morgan fingerprint density at radius 1 is 1.30 bits per heavy atom. The van der Waals surface area contributed by atoms with Crippen molar-refractivity contribution in [2.75, 3.05) is 7.11 Å². The van der Waals surface area contributed by atoms with Crippen molar-refractivity contribution in [1.29, 1.82) is 0 Å². The summed E-state index contributed by atoms with van der Waals surface area (Å²) in [4.78, 5) is 25.9. The van der Waals surface area contributed by atoms with Gasteiger partial charge in [-0.2, -0.15) is 0 Å². The minimum atomic E-state index is -0.989. The highest BCUT2D eigenvalue weighted by atomic mass is 79.9. The van der Waals surface area contributed by atoms with Gasteiger partial charge >= 0.3 is 12.1 Å². The van der Waals surface area contributed by atoms with Crippen LogP contribution in [0.2, 0.25) is 0 Å². The van der Waals surface area contributed by atoms with E-state index in [1.54, 1.807) is 20.8 Å². The number of alkyl carbamates (subject to hydrolysis) is 1. The lowest BCUT2D eigenvalue weighted by Gasteiger charge is -2.36. The molecule has 0 bridgehead atoms. The normalized spacial score (nSPS) is 22.9. The van der Waals surface area contributed by atoms with Crippen molar-refractivity contribution in [2.45, 2.75) is 57.6 Å². The number of amides is 1. The van der Waals surface area contributed by atoms with Crippen LogP contribution in [0.5, 0.6) is 0 Å². The first kappa shape index (κ1) is 17.0. The van der Waals surface area contributed by atoms with Gasteiger partial charge in [0.15, 0.2) is 0 Å². The van der Waals surface area contributed by atoms with Crippen molar-refractivity contribution in [3.63, 3.8) is 0 Å². The largest absolute Gasteiger partial charge is 0.467 e. The molecule has 0 aromatic heterocycles. The molecule has 0 heterocycles. The molecule has 1 aliphatic rings. The van der Waals surface area contributed by atoms with Crippen molar-refractivity contribution in [1.82, 2.24) is 5.32 Å². The lowest BCUT2D eigenvalue weighted by atomic mass is 9.80. The zero-order chi connectivity index (χ0) is 15.4. The second kappa shape index (κ2) is 6.61. The van der Waals surface area contributed by atoms with Gasteiger partial charge in [-0.25, -0.2) is 9.59 Å². The smallest absolute Gasteiger partial charge is 0.408 e. The second-order valence-electron chi connectivity index (χ2n) is 5.97. The highest BCUT2D eigenvalue weighted by Crippen LogP contribution is 2.33. The van der Waals surface area contributed by atoms with E-state index in [9.17, 15) is 9.59 Å². The van der Waals surface area contributed by atoms with Gasteiger partial charge in [-0.15, -0.1) is 0 Å². The molecular weight excluding hydrogens is 326 g/mol. The maximum atomic E-state index is 12.1. The maximum absolute atomic E-state index is 12.1. The zero-order valence-electron chi connectivity index (χ0n) is 12.4. The molecule has 0 radical (unpaired) electrons. The molecule has 0 atom stereocenters. The minimum absolute atomic E-state index is 0.419. The van der Waals surface area contributed by atoms with E-state index >= 15 is 0 Å². The van der Waals surface area contributed by atoms with Crippen LogP contribution in [0.25, 0.3) is 0 Å². The molecule has 1 fully saturated rings. The van der Waals surface area contributed by atoms with Crippen molar-refractivity contribution < 1.29 is 19.1 Å². The summed E-state index contributed by atoms with van der Waals surface area (Å²) < 4.78 is 10.1. The molecule has 0 aliphatic heterocycles. The molecule has 0 spiro atoms. The van der Waals surface area contributed by atoms with Crippen LogP contribution in [0.4, 0.5) is 4.79 Å². The van der Waals surface area contributed by atoms with Gasteiger partial charge in [0, 0.05) is 0 Å². The molecule has 1 amide bonds. The van der Waals surface area contributed by atoms with E-state index in [1.807, 2.05) is 4.99 Å². The Balaban J connectivity index is 2.81. The maximum Gasteiger partial charge on any atom is 0.408 e. The number of ether oxygens (including phenoxy) is 2. The lowest BCUT2D eigenvalue weighted by Crippen LogP contribution is -2.57. The predicted octanol–water partition coefficient (Wildman–Crippen LogP) is 3.28. The summed E-state index contributed by atoms with van der Waals surface area (Å²) in [5, 5.41) is 2.71. The van der Waals surface area contributed by atoms with Gasteiger partial charge in [-0.3, -0.25) is 0 Å². The van der Waals surface area contributed by atoms with Crippen LogP contribution < -0.4 is 5.32 Å². The molecule has 1 saturated carbocycles. The van der Waals surface area contributed by atoms with E-state index in [4.69, 9.17) is 9.47 Å². The van der Waals surface area contributed by atoms with Crippen LogP contribution in [0.15, 0.2) is 10.6 Å². The third kappa shape index (κ3) is 4.51. The number of carbonyl (C=O) groups excluding carboxylic acids is 2. The molecule has 1 rings (SSSR count). The molecule has 0 saturated heterocycles. The Morgan fingerprint density at radius 2 is 1.85 bits per heavy atom. The quantitative estimate of drug-likeness (QED) is 0.778. The first-order valence-corrected chi connectivity index (χ1v) is 7.52. The molecule has 114 valence electrons. The molecule has 1 aliphatic carbocycles. The number of rotatable bonds is 2. The fourth-order valence-corrected chi connectivity index (χ4v) is 2.64. The summed E-state index contributed by atoms with van der Waals surface area (Å²) >= 11 is 3.30. The van der Waals surface area contributed by atoms with Gasteiger partial charge in [0.25, 0.3) is 0 Å². The topological polar surface area (TPSA) is 64.6 Å². The molecule has 5 nitrogen and oxygen atoms in total. The molecule has 0 aromatic carbocycles. The Labute approximate surface area is 128 Å². The van der Waals surface area contributed by atoms with Crippen molar-refractivity contribution in [3.05, 3.63) is 10.6 Å². The van der Waals surface area contributed by atoms with Gasteiger partial charge < -0.3 is 14.8 Å². The number of methoxy groups -OCH3 is 1. The van der Waals surface area contributed by atoms with Gasteiger partial charge in [0.2, 0.25) is 0 Å². The number of hydrogen-bond acceptors (Lipinski definition) is 4. The van der Waals surface area contributed by atoms with E-state index in [0.717, 1.165) is 12.8 Å². The molecule has 0 unspecified atom stereocenters. The lowest BCUT2D eigenvalue weighted by molar-refractivity contribution is -0.149. The van der Waals surface area contributed by atoms with E-state index in [2.05, 4.69) is 21.2 Å². The Morgan fingerprint density at radius 3 is 2.25 bits per heavy atom. The molecular formula is C14H22BrNO4. The SMILES string of the molecule is COC(=O)C1(NC(=O)OC(C)(C)C)CCC(=CBr)CC1. The van der Waals surface area contributed by atoms with Gasteiger partial charge in [0.05, 0.1) is 7.11 Å². The number of hydrogen-bond donors (Lipinski definition) is 1. The fraction of sp³-hybridized carbons (Fsp3) is 0.714. The fourth-order valence-electron chi connectivity index (χ4n) is 2.18. The molecule has 20 heavy (non-hydrogen) atoms. The number of carbonyl (C=O) groups is 2. The third-order valence-corrected chi connectivity index (χ3v) is 3.86. The van der Waals surface area contributed by atoms with Crippen LogP contribution in [0.1, 0.15) is 46.5 Å². The van der Waals surface area contributed by atoms with Crippen LogP contribution >= 0.6 is 15.9 Å². The minimum Gasteiger partial charge on any atom is -0.467 e. The summed E-state index contributed by atoms with van der Waals surface area (Å²) in [7, 11) is 1.33.